The topological polar surface area (TPSA) is 69.6 Å². The van der Waals surface area contributed by atoms with Crippen molar-refractivity contribution < 1.29 is 4.42 Å². The standard InChI is InChI=1S/C46H29N5O/c1-3-13-30(14-4-1)32-17-11-19-35(27-32)43-48-44(50-46(49-43)51-40-23-9-7-21-37(40)38-22-8-10-24-41(38)51)36-20-12-18-33(28-36)34-25-26-39-42(29-34)52-45(47-39)31-15-5-2-6-16-31/h1-29H. The third kappa shape index (κ3) is 5.22. The van der Waals surface area contributed by atoms with Gasteiger partial charge in [-0.1, -0.05) is 127 Å². The summed E-state index contributed by atoms with van der Waals surface area (Å²) in [6.45, 7) is 0. The molecule has 0 atom stereocenters. The number of hydrogen-bond donors (Lipinski definition) is 0. The fraction of sp³-hybridized carbons (Fsp3) is 0. The Bertz CT molecular complexity index is 2860. The van der Waals surface area contributed by atoms with Gasteiger partial charge in [0.15, 0.2) is 17.2 Å². The molecule has 0 N–H and O–H groups in total. The number of benzene rings is 7. The summed E-state index contributed by atoms with van der Waals surface area (Å²) in [7, 11) is 0. The molecule has 0 saturated carbocycles. The lowest BCUT2D eigenvalue weighted by Gasteiger charge is -2.12. The zero-order valence-corrected chi connectivity index (χ0v) is 27.9. The van der Waals surface area contributed by atoms with E-state index in [0.29, 0.717) is 23.5 Å². The molecule has 0 bridgehead atoms. The normalized spacial score (nSPS) is 11.5. The summed E-state index contributed by atoms with van der Waals surface area (Å²) in [5.74, 6) is 2.35. The van der Waals surface area contributed by atoms with Crippen molar-refractivity contribution in [3.8, 4) is 62.4 Å². The zero-order valence-electron chi connectivity index (χ0n) is 27.9. The maximum absolute atomic E-state index is 6.22. The molecule has 52 heavy (non-hydrogen) atoms. The van der Waals surface area contributed by atoms with E-state index < -0.39 is 0 Å². The number of nitrogens with zero attached hydrogens (tertiary/aromatic N) is 5. The molecule has 0 saturated heterocycles. The molecular weight excluding hydrogens is 639 g/mol. The first-order valence-electron chi connectivity index (χ1n) is 17.2. The molecule has 0 aliphatic heterocycles. The molecule has 0 radical (unpaired) electrons. The minimum atomic E-state index is 0.560. The van der Waals surface area contributed by atoms with E-state index in [1.165, 1.54) is 0 Å². The summed E-state index contributed by atoms with van der Waals surface area (Å²) < 4.78 is 8.36. The van der Waals surface area contributed by atoms with Gasteiger partial charge in [-0.25, -0.2) is 9.97 Å². The molecule has 10 rings (SSSR count). The van der Waals surface area contributed by atoms with Crippen molar-refractivity contribution in [1.29, 1.82) is 0 Å². The second-order valence-electron chi connectivity index (χ2n) is 12.7. The molecule has 7 aromatic carbocycles. The average Bonchev–Trinajstić information content (AvgIpc) is 3.81. The van der Waals surface area contributed by atoms with E-state index in [9.17, 15) is 0 Å². The fourth-order valence-corrected chi connectivity index (χ4v) is 6.98. The van der Waals surface area contributed by atoms with E-state index in [4.69, 9.17) is 24.4 Å². The highest BCUT2D eigenvalue weighted by atomic mass is 16.3. The lowest BCUT2D eigenvalue weighted by atomic mass is 10.0. The van der Waals surface area contributed by atoms with Gasteiger partial charge in [-0.15, -0.1) is 0 Å². The molecular formula is C46H29N5O. The molecule has 6 nitrogen and oxygen atoms in total. The quantitative estimate of drug-likeness (QED) is 0.176. The van der Waals surface area contributed by atoms with Gasteiger partial charge >= 0.3 is 0 Å². The third-order valence-corrected chi connectivity index (χ3v) is 9.49. The van der Waals surface area contributed by atoms with Crippen LogP contribution in [0, 0.1) is 0 Å². The van der Waals surface area contributed by atoms with Gasteiger partial charge in [0.25, 0.3) is 0 Å². The molecule has 6 heteroatoms. The van der Waals surface area contributed by atoms with E-state index in [0.717, 1.165) is 71.8 Å². The van der Waals surface area contributed by atoms with Crippen LogP contribution >= 0.6 is 0 Å². The van der Waals surface area contributed by atoms with Crippen LogP contribution in [0.25, 0.3) is 95.3 Å². The summed E-state index contributed by atoms with van der Waals surface area (Å²) in [5.41, 5.74) is 10.6. The van der Waals surface area contributed by atoms with Gasteiger partial charge in [-0.2, -0.15) is 9.97 Å². The molecule has 0 spiro atoms. The first-order valence-corrected chi connectivity index (χ1v) is 17.2. The number of aromatic nitrogens is 5. The van der Waals surface area contributed by atoms with Crippen LogP contribution in [0.5, 0.6) is 0 Å². The maximum Gasteiger partial charge on any atom is 0.238 e. The first-order chi connectivity index (χ1) is 25.7. The number of hydrogen-bond acceptors (Lipinski definition) is 5. The summed E-state index contributed by atoms with van der Waals surface area (Å²) in [6, 6.07) is 60.0. The lowest BCUT2D eigenvalue weighted by molar-refractivity contribution is 0.620. The van der Waals surface area contributed by atoms with E-state index >= 15 is 0 Å². The molecule has 10 aromatic rings. The van der Waals surface area contributed by atoms with Crippen LogP contribution in [0.15, 0.2) is 180 Å². The predicted octanol–water partition coefficient (Wildman–Crippen LogP) is 11.4. The first kappa shape index (κ1) is 29.7. The van der Waals surface area contributed by atoms with Gasteiger partial charge in [0.2, 0.25) is 11.8 Å². The zero-order chi connectivity index (χ0) is 34.4. The predicted molar refractivity (Wildman–Crippen MR) is 209 cm³/mol. The molecule has 0 aliphatic carbocycles. The second-order valence-corrected chi connectivity index (χ2v) is 12.7. The molecule has 0 fully saturated rings. The van der Waals surface area contributed by atoms with Crippen LogP contribution in [0.1, 0.15) is 0 Å². The number of para-hydroxylation sites is 2. The van der Waals surface area contributed by atoms with E-state index in [-0.39, 0.29) is 0 Å². The maximum atomic E-state index is 6.22. The summed E-state index contributed by atoms with van der Waals surface area (Å²) in [5, 5.41) is 2.29. The highest BCUT2D eigenvalue weighted by Gasteiger charge is 2.18. The van der Waals surface area contributed by atoms with Crippen molar-refractivity contribution in [2.75, 3.05) is 0 Å². The van der Waals surface area contributed by atoms with Gasteiger partial charge in [0.05, 0.1) is 11.0 Å². The Balaban J connectivity index is 1.13. The smallest absolute Gasteiger partial charge is 0.238 e. The van der Waals surface area contributed by atoms with Crippen molar-refractivity contribution in [3.63, 3.8) is 0 Å². The van der Waals surface area contributed by atoms with Crippen molar-refractivity contribution in [3.05, 3.63) is 176 Å². The SMILES string of the molecule is c1ccc(-c2cccc(-c3nc(-c4cccc(-c5ccc6nc(-c7ccccc7)oc6c5)c4)nc(-n4c5ccccc5c5ccccc54)n3)c2)cc1. The summed E-state index contributed by atoms with van der Waals surface area (Å²) in [6.07, 6.45) is 0. The second kappa shape index (κ2) is 12.3. The largest absolute Gasteiger partial charge is 0.436 e. The van der Waals surface area contributed by atoms with Gasteiger partial charge < -0.3 is 4.42 Å². The van der Waals surface area contributed by atoms with Crippen LogP contribution < -0.4 is 0 Å². The molecule has 0 amide bonds. The lowest BCUT2D eigenvalue weighted by Crippen LogP contribution is -2.06. The third-order valence-electron chi connectivity index (χ3n) is 9.49. The molecule has 3 aromatic heterocycles. The van der Waals surface area contributed by atoms with Crippen LogP contribution in [0.3, 0.4) is 0 Å². The van der Waals surface area contributed by atoms with Crippen LogP contribution in [-0.4, -0.2) is 24.5 Å². The molecule has 244 valence electrons. The number of rotatable bonds is 6. The van der Waals surface area contributed by atoms with Crippen molar-refractivity contribution in [1.82, 2.24) is 24.5 Å². The summed E-state index contributed by atoms with van der Waals surface area (Å²) in [4.78, 5) is 20.2. The fourth-order valence-electron chi connectivity index (χ4n) is 6.98. The highest BCUT2D eigenvalue weighted by molar-refractivity contribution is 6.09. The van der Waals surface area contributed by atoms with Gasteiger partial charge in [0.1, 0.15) is 5.52 Å². The summed E-state index contributed by atoms with van der Waals surface area (Å²) >= 11 is 0. The van der Waals surface area contributed by atoms with Gasteiger partial charge in [0, 0.05) is 27.5 Å². The Morgan fingerprint density at radius 3 is 1.50 bits per heavy atom. The molecule has 3 heterocycles. The van der Waals surface area contributed by atoms with E-state index in [1.807, 2.05) is 54.6 Å². The Kier molecular flexibility index (Phi) is 7.03. The van der Waals surface area contributed by atoms with Gasteiger partial charge in [-0.05, 0) is 70.8 Å². The Morgan fingerprint density at radius 1 is 0.365 bits per heavy atom. The van der Waals surface area contributed by atoms with Crippen LogP contribution in [-0.2, 0) is 0 Å². The Morgan fingerprint density at radius 2 is 0.865 bits per heavy atom. The van der Waals surface area contributed by atoms with Crippen molar-refractivity contribution in [2.45, 2.75) is 0 Å². The Labute approximate surface area is 299 Å². The minimum Gasteiger partial charge on any atom is -0.436 e. The van der Waals surface area contributed by atoms with E-state index in [2.05, 4.69) is 126 Å². The highest BCUT2D eigenvalue weighted by Crippen LogP contribution is 2.34. The molecule has 0 aliphatic rings. The van der Waals surface area contributed by atoms with Crippen LogP contribution in [0.2, 0.25) is 0 Å². The van der Waals surface area contributed by atoms with Gasteiger partial charge in [-0.3, -0.25) is 4.57 Å². The number of oxazole rings is 1. The van der Waals surface area contributed by atoms with Crippen molar-refractivity contribution in [2.24, 2.45) is 0 Å². The monoisotopic (exact) mass is 667 g/mol. The molecule has 0 unspecified atom stereocenters. The van der Waals surface area contributed by atoms with E-state index in [1.54, 1.807) is 0 Å². The van der Waals surface area contributed by atoms with Crippen LogP contribution in [0.4, 0.5) is 0 Å². The number of fused-ring (bicyclic) bond motifs is 4. The average molecular weight is 668 g/mol. The minimum absolute atomic E-state index is 0.560. The van der Waals surface area contributed by atoms with Crippen molar-refractivity contribution >= 4 is 32.9 Å². The Hall–Kier alpha value is -7.18.